The number of halogens is 1. The van der Waals surface area contributed by atoms with Crippen molar-refractivity contribution < 1.29 is 4.79 Å². The Hall–Kier alpha value is -1.37. The number of aryl methyl sites for hydroxylation is 2. The van der Waals surface area contributed by atoms with E-state index in [-0.39, 0.29) is 5.91 Å². The van der Waals surface area contributed by atoms with Crippen molar-refractivity contribution in [2.24, 2.45) is 7.05 Å². The summed E-state index contributed by atoms with van der Waals surface area (Å²) < 4.78 is 2.74. The van der Waals surface area contributed by atoms with Gasteiger partial charge < -0.3 is 5.32 Å². The van der Waals surface area contributed by atoms with E-state index in [4.69, 9.17) is 0 Å². The van der Waals surface area contributed by atoms with Crippen LogP contribution in [0, 0.1) is 3.57 Å². The second-order valence-electron chi connectivity index (χ2n) is 4.29. The first kappa shape index (κ1) is 14.0. The number of rotatable bonds is 4. The number of carbonyl (C=O) groups is 1. The zero-order chi connectivity index (χ0) is 13.8. The van der Waals surface area contributed by atoms with Gasteiger partial charge in [0.05, 0.1) is 11.3 Å². The van der Waals surface area contributed by atoms with Gasteiger partial charge in [0.2, 0.25) is 0 Å². The van der Waals surface area contributed by atoms with E-state index in [1.54, 1.807) is 4.68 Å². The number of hydrogen-bond acceptors (Lipinski definition) is 2. The Morgan fingerprint density at radius 2 is 2.16 bits per heavy atom. The number of hydrogen-bond donors (Lipinski definition) is 1. The summed E-state index contributed by atoms with van der Waals surface area (Å²) in [6.45, 7) is 2.58. The van der Waals surface area contributed by atoms with Crippen LogP contribution in [0.5, 0.6) is 0 Å². The highest BCUT2D eigenvalue weighted by molar-refractivity contribution is 14.1. The molecule has 1 amide bonds. The van der Waals surface area contributed by atoms with Crippen LogP contribution >= 0.6 is 22.6 Å². The number of benzene rings is 1. The number of amides is 1. The minimum Gasteiger partial charge on any atom is -0.348 e. The lowest BCUT2D eigenvalue weighted by Gasteiger charge is -2.06. The highest BCUT2D eigenvalue weighted by atomic mass is 127. The Bertz CT molecular complexity index is 592. The molecule has 19 heavy (non-hydrogen) atoms. The van der Waals surface area contributed by atoms with Crippen LogP contribution < -0.4 is 5.32 Å². The highest BCUT2D eigenvalue weighted by Gasteiger charge is 2.11. The second-order valence-corrected chi connectivity index (χ2v) is 5.45. The van der Waals surface area contributed by atoms with Crippen molar-refractivity contribution in [3.63, 3.8) is 0 Å². The van der Waals surface area contributed by atoms with Gasteiger partial charge in [-0.2, -0.15) is 5.10 Å². The molecule has 0 saturated heterocycles. The lowest BCUT2D eigenvalue weighted by molar-refractivity contribution is 0.0950. The molecule has 0 aliphatic rings. The van der Waals surface area contributed by atoms with E-state index < -0.39 is 0 Å². The summed E-state index contributed by atoms with van der Waals surface area (Å²) in [7, 11) is 1.89. The third-order valence-corrected chi connectivity index (χ3v) is 3.83. The summed E-state index contributed by atoms with van der Waals surface area (Å²) in [5.74, 6) is -0.0455. The molecule has 0 spiro atoms. The SMILES string of the molecule is CCc1nn(C)cc1CNC(=O)c1ccccc1I. The standard InChI is InChI=1S/C14H16IN3O/c1-3-13-10(9-18(2)17-13)8-16-14(19)11-6-4-5-7-12(11)15/h4-7,9H,3,8H2,1-2H3,(H,16,19). The first-order valence-corrected chi connectivity index (χ1v) is 7.23. The summed E-state index contributed by atoms with van der Waals surface area (Å²) in [5.41, 5.74) is 2.82. The average Bonchev–Trinajstić information content (AvgIpc) is 2.77. The van der Waals surface area contributed by atoms with Crippen molar-refractivity contribution in [1.29, 1.82) is 0 Å². The molecule has 1 heterocycles. The molecule has 0 bridgehead atoms. The van der Waals surface area contributed by atoms with Crippen molar-refractivity contribution >= 4 is 28.5 Å². The van der Waals surface area contributed by atoms with E-state index in [1.807, 2.05) is 37.5 Å². The van der Waals surface area contributed by atoms with E-state index in [0.29, 0.717) is 12.1 Å². The summed E-state index contributed by atoms with van der Waals surface area (Å²) in [6, 6.07) is 7.56. The van der Waals surface area contributed by atoms with Gasteiger partial charge in [0.1, 0.15) is 0 Å². The molecular weight excluding hydrogens is 353 g/mol. The highest BCUT2D eigenvalue weighted by Crippen LogP contribution is 2.12. The van der Waals surface area contributed by atoms with Crippen molar-refractivity contribution in [3.05, 3.63) is 50.9 Å². The molecule has 0 aliphatic carbocycles. The van der Waals surface area contributed by atoms with Crippen molar-refractivity contribution in [2.75, 3.05) is 0 Å². The quantitative estimate of drug-likeness (QED) is 0.842. The Morgan fingerprint density at radius 1 is 1.42 bits per heavy atom. The van der Waals surface area contributed by atoms with E-state index in [0.717, 1.165) is 21.2 Å². The van der Waals surface area contributed by atoms with E-state index >= 15 is 0 Å². The Kier molecular flexibility index (Phi) is 4.57. The van der Waals surface area contributed by atoms with Crippen LogP contribution in [0.25, 0.3) is 0 Å². The summed E-state index contributed by atoms with van der Waals surface area (Å²) in [5, 5.41) is 7.31. The number of carbonyl (C=O) groups excluding carboxylic acids is 1. The number of nitrogens with one attached hydrogen (secondary N) is 1. The lowest BCUT2D eigenvalue weighted by Crippen LogP contribution is -2.23. The molecule has 0 aliphatic heterocycles. The molecule has 1 N–H and O–H groups in total. The fourth-order valence-electron chi connectivity index (χ4n) is 1.95. The third-order valence-electron chi connectivity index (χ3n) is 2.88. The van der Waals surface area contributed by atoms with Gasteiger partial charge >= 0.3 is 0 Å². The molecule has 0 atom stereocenters. The Labute approximate surface area is 126 Å². The smallest absolute Gasteiger partial charge is 0.252 e. The Morgan fingerprint density at radius 3 is 2.84 bits per heavy atom. The predicted molar refractivity (Wildman–Crippen MR) is 82.9 cm³/mol. The molecule has 0 saturated carbocycles. The van der Waals surface area contributed by atoms with Crippen molar-refractivity contribution in [3.8, 4) is 0 Å². The fraction of sp³-hybridized carbons (Fsp3) is 0.286. The van der Waals surface area contributed by atoms with Crippen LogP contribution in [-0.4, -0.2) is 15.7 Å². The van der Waals surface area contributed by atoms with Gasteiger partial charge in [-0.05, 0) is 41.1 Å². The van der Waals surface area contributed by atoms with Gasteiger partial charge in [-0.1, -0.05) is 19.1 Å². The molecule has 4 nitrogen and oxygen atoms in total. The Balaban J connectivity index is 2.06. The molecule has 2 aromatic rings. The van der Waals surface area contributed by atoms with E-state index in [2.05, 4.69) is 39.9 Å². The van der Waals surface area contributed by atoms with Gasteiger partial charge in [-0.25, -0.2) is 0 Å². The van der Waals surface area contributed by atoms with E-state index in [9.17, 15) is 4.79 Å². The molecule has 0 radical (unpaired) electrons. The maximum absolute atomic E-state index is 12.1. The maximum Gasteiger partial charge on any atom is 0.252 e. The molecule has 1 aromatic heterocycles. The maximum atomic E-state index is 12.1. The topological polar surface area (TPSA) is 46.9 Å². The number of nitrogens with zero attached hydrogens (tertiary/aromatic N) is 2. The molecule has 2 rings (SSSR count). The van der Waals surface area contributed by atoms with Gasteiger partial charge in [0.25, 0.3) is 5.91 Å². The van der Waals surface area contributed by atoms with Gasteiger partial charge in [-0.3, -0.25) is 9.48 Å². The van der Waals surface area contributed by atoms with E-state index in [1.165, 1.54) is 0 Å². The van der Waals surface area contributed by atoms with Gasteiger partial charge in [0, 0.05) is 28.9 Å². The molecule has 0 fully saturated rings. The summed E-state index contributed by atoms with van der Waals surface area (Å²) in [6.07, 6.45) is 2.82. The predicted octanol–water partition coefficient (Wildman–Crippen LogP) is 2.52. The molecule has 0 unspecified atom stereocenters. The van der Waals surface area contributed by atoms with Gasteiger partial charge in [0.15, 0.2) is 0 Å². The normalized spacial score (nSPS) is 10.5. The van der Waals surface area contributed by atoms with Crippen LogP contribution in [-0.2, 0) is 20.0 Å². The van der Waals surface area contributed by atoms with Gasteiger partial charge in [-0.15, -0.1) is 0 Å². The first-order valence-electron chi connectivity index (χ1n) is 6.16. The molecule has 5 heteroatoms. The van der Waals surface area contributed by atoms with Crippen LogP contribution in [0.1, 0.15) is 28.5 Å². The van der Waals surface area contributed by atoms with Crippen LogP contribution in [0.3, 0.4) is 0 Å². The first-order chi connectivity index (χ1) is 9.11. The molecule has 1 aromatic carbocycles. The van der Waals surface area contributed by atoms with Crippen LogP contribution in [0.4, 0.5) is 0 Å². The monoisotopic (exact) mass is 369 g/mol. The zero-order valence-electron chi connectivity index (χ0n) is 11.0. The van der Waals surface area contributed by atoms with Crippen molar-refractivity contribution in [1.82, 2.24) is 15.1 Å². The molecular formula is C14H16IN3O. The largest absolute Gasteiger partial charge is 0.348 e. The zero-order valence-corrected chi connectivity index (χ0v) is 13.1. The third kappa shape index (κ3) is 3.34. The fourth-order valence-corrected chi connectivity index (χ4v) is 2.58. The molecule has 100 valence electrons. The minimum atomic E-state index is -0.0455. The van der Waals surface area contributed by atoms with Crippen LogP contribution in [0.2, 0.25) is 0 Å². The number of aromatic nitrogens is 2. The van der Waals surface area contributed by atoms with Crippen LogP contribution in [0.15, 0.2) is 30.5 Å². The minimum absolute atomic E-state index is 0.0455. The average molecular weight is 369 g/mol. The summed E-state index contributed by atoms with van der Waals surface area (Å²) in [4.78, 5) is 12.1. The second kappa shape index (κ2) is 6.18. The lowest BCUT2D eigenvalue weighted by atomic mass is 10.2. The van der Waals surface area contributed by atoms with Crippen molar-refractivity contribution in [2.45, 2.75) is 19.9 Å². The summed E-state index contributed by atoms with van der Waals surface area (Å²) >= 11 is 2.17.